The number of hydrogen-bond acceptors (Lipinski definition) is 6. The van der Waals surface area contributed by atoms with Gasteiger partial charge < -0.3 is 26.6 Å². The molecule has 0 unspecified atom stereocenters. The van der Waals surface area contributed by atoms with Crippen molar-refractivity contribution < 1.29 is 26.6 Å². The van der Waals surface area contributed by atoms with Crippen LogP contribution in [0.5, 0.6) is 0 Å². The van der Waals surface area contributed by atoms with E-state index >= 15 is 0 Å². The van der Waals surface area contributed by atoms with Gasteiger partial charge in [0.25, 0.3) is 0 Å². The Balaban J connectivity index is 5.85. The Morgan fingerprint density at radius 2 is 0.586 bits per heavy atom. The smallest absolute Gasteiger partial charge is 0.336 e. The molecule has 0 rings (SSSR count). The molecule has 0 aromatic rings. The normalized spacial score (nSPS) is 15.8. The van der Waals surface area contributed by atoms with Crippen LogP contribution in [-0.4, -0.2) is 58.3 Å². The third-order valence-corrected chi connectivity index (χ3v) is 10.7. The Morgan fingerprint density at radius 1 is 0.414 bits per heavy atom. The van der Waals surface area contributed by atoms with Gasteiger partial charge in [-0.15, -0.1) is 0 Å². The van der Waals surface area contributed by atoms with Crippen LogP contribution in [0.15, 0.2) is 0 Å². The molecule has 0 spiro atoms. The third kappa shape index (κ3) is 15.1. The zero-order valence-electron chi connectivity index (χ0n) is 21.9. The second-order valence-electron chi connectivity index (χ2n) is 12.0. The summed E-state index contributed by atoms with van der Waals surface area (Å²) in [5.74, 6) is 0. The molecule has 6 nitrogen and oxygen atoms in total. The predicted octanol–water partition coefficient (Wildman–Crippen LogP) is 4.56. The van der Waals surface area contributed by atoms with E-state index in [4.69, 9.17) is 26.6 Å². The summed E-state index contributed by atoms with van der Waals surface area (Å²) in [5.41, 5.74) is -2.14. The summed E-state index contributed by atoms with van der Waals surface area (Å²) in [7, 11) is -7.24. The summed E-state index contributed by atoms with van der Waals surface area (Å²) in [6.07, 6.45) is 0. The molecule has 0 heterocycles. The van der Waals surface area contributed by atoms with Gasteiger partial charge in [-0.1, -0.05) is 0 Å². The van der Waals surface area contributed by atoms with E-state index in [1.54, 1.807) is 0 Å². The molecule has 0 aliphatic rings. The Labute approximate surface area is 186 Å². The highest BCUT2D eigenvalue weighted by Gasteiger charge is 2.49. The first-order chi connectivity index (χ1) is 12.2. The van der Waals surface area contributed by atoms with Crippen LogP contribution in [-0.2, 0) is 26.6 Å². The lowest BCUT2D eigenvalue weighted by molar-refractivity contribution is -0.232. The van der Waals surface area contributed by atoms with Crippen molar-refractivity contribution in [1.29, 1.82) is 0 Å². The molecule has 0 N–H and O–H groups in total. The highest BCUT2D eigenvalue weighted by molar-refractivity contribution is 6.68. The molecule has 29 heavy (non-hydrogen) atoms. The SMILES string of the molecule is CC(C)(C)O[Si](C)(C)OC([SiH3])(O[Si](C)(C)OC(C)(C)C)O[Si](C)(C)OC(C)(C)C. The molecule has 0 saturated heterocycles. The van der Waals surface area contributed by atoms with E-state index in [-0.39, 0.29) is 16.8 Å². The molecule has 0 aromatic carbocycles. The van der Waals surface area contributed by atoms with Crippen LogP contribution in [0, 0.1) is 0 Å². The van der Waals surface area contributed by atoms with Crippen LogP contribution in [0.3, 0.4) is 0 Å². The van der Waals surface area contributed by atoms with Gasteiger partial charge in [0.05, 0.1) is 16.8 Å². The van der Waals surface area contributed by atoms with E-state index < -0.39 is 31.3 Å². The molecule has 0 bridgehead atoms. The van der Waals surface area contributed by atoms with Crippen LogP contribution in [0.4, 0.5) is 0 Å². The van der Waals surface area contributed by atoms with Gasteiger partial charge in [-0.05, 0) is 102 Å². The van der Waals surface area contributed by atoms with Gasteiger partial charge in [-0.25, -0.2) is 0 Å². The molecule has 0 radical (unpaired) electrons. The van der Waals surface area contributed by atoms with E-state index in [0.717, 1.165) is 0 Å². The minimum atomic E-state index is -2.57. The van der Waals surface area contributed by atoms with Crippen LogP contribution < -0.4 is 0 Å². The van der Waals surface area contributed by atoms with E-state index in [1.165, 1.54) is 0 Å². The maximum absolute atomic E-state index is 6.55. The average Bonchev–Trinajstić information content (AvgIpc) is 2.10. The van der Waals surface area contributed by atoms with E-state index in [2.05, 4.69) is 0 Å². The monoisotopic (exact) mass is 484 g/mol. The Bertz CT molecular complexity index is 456. The van der Waals surface area contributed by atoms with Crippen molar-refractivity contribution in [3.63, 3.8) is 0 Å². The van der Waals surface area contributed by atoms with Crippen molar-refractivity contribution in [3.05, 3.63) is 0 Å². The van der Waals surface area contributed by atoms with Crippen molar-refractivity contribution in [1.82, 2.24) is 0 Å². The maximum Gasteiger partial charge on any atom is 0.336 e. The first-order valence-electron chi connectivity index (χ1n) is 10.4. The first kappa shape index (κ1) is 29.6. The molecule has 0 atom stereocenters. The highest BCUT2D eigenvalue weighted by atomic mass is 28.4. The Kier molecular flexibility index (Phi) is 9.44. The third-order valence-electron chi connectivity index (χ3n) is 2.95. The van der Waals surface area contributed by atoms with Gasteiger partial charge in [-0.3, -0.25) is 0 Å². The molecular weight excluding hydrogens is 437 g/mol. The summed E-state index contributed by atoms with van der Waals surface area (Å²) in [5, 5.41) is 0. The van der Waals surface area contributed by atoms with Gasteiger partial charge in [0, 0.05) is 0 Å². The zero-order chi connectivity index (χ0) is 23.7. The molecular formula is C19H48O6Si4. The molecule has 0 saturated carbocycles. The quantitative estimate of drug-likeness (QED) is 0.353. The van der Waals surface area contributed by atoms with E-state index in [1.807, 2.05) is 102 Å². The zero-order valence-corrected chi connectivity index (χ0v) is 26.9. The van der Waals surface area contributed by atoms with Crippen LogP contribution >= 0.6 is 0 Å². The van der Waals surface area contributed by atoms with Gasteiger partial charge >= 0.3 is 25.7 Å². The lowest BCUT2D eigenvalue weighted by Crippen LogP contribution is -2.62. The van der Waals surface area contributed by atoms with E-state index in [0.29, 0.717) is 10.2 Å². The first-order valence-corrected chi connectivity index (χ1v) is 19.9. The van der Waals surface area contributed by atoms with Crippen LogP contribution in [0.2, 0.25) is 39.3 Å². The van der Waals surface area contributed by atoms with E-state index in [9.17, 15) is 0 Å². The molecule has 0 amide bonds. The van der Waals surface area contributed by atoms with Crippen molar-refractivity contribution in [2.24, 2.45) is 0 Å². The van der Waals surface area contributed by atoms with Crippen LogP contribution in [0.1, 0.15) is 62.3 Å². The lowest BCUT2D eigenvalue weighted by Gasteiger charge is -2.47. The molecule has 176 valence electrons. The van der Waals surface area contributed by atoms with Crippen molar-refractivity contribution >= 4 is 35.9 Å². The largest absolute Gasteiger partial charge is 0.389 e. The van der Waals surface area contributed by atoms with Gasteiger partial charge in [0.15, 0.2) is 0 Å². The summed E-state index contributed by atoms with van der Waals surface area (Å²) in [4.78, 5) is 0. The minimum Gasteiger partial charge on any atom is -0.389 e. The summed E-state index contributed by atoms with van der Waals surface area (Å²) in [6, 6.07) is 0. The topological polar surface area (TPSA) is 55.4 Å². The molecule has 0 aliphatic heterocycles. The van der Waals surface area contributed by atoms with Gasteiger partial charge in [-0.2, -0.15) is 0 Å². The average molecular weight is 485 g/mol. The van der Waals surface area contributed by atoms with Crippen LogP contribution in [0.25, 0.3) is 0 Å². The summed E-state index contributed by atoms with van der Waals surface area (Å²) < 4.78 is 38.5. The molecule has 10 heteroatoms. The lowest BCUT2D eigenvalue weighted by atomic mass is 10.2. The van der Waals surface area contributed by atoms with Crippen molar-refractivity contribution in [3.8, 4) is 0 Å². The maximum atomic E-state index is 6.55. The fourth-order valence-corrected chi connectivity index (χ4v) is 15.8. The Morgan fingerprint density at radius 3 is 0.724 bits per heavy atom. The highest BCUT2D eigenvalue weighted by Crippen LogP contribution is 2.32. The second-order valence-corrected chi connectivity index (χ2v) is 22.9. The summed E-state index contributed by atoms with van der Waals surface area (Å²) in [6.45, 7) is 30.4. The van der Waals surface area contributed by atoms with Crippen molar-refractivity contribution in [2.45, 2.75) is 124 Å². The molecule has 0 aliphatic carbocycles. The fourth-order valence-electron chi connectivity index (χ4n) is 3.68. The Hall–Kier alpha value is 0.628. The second kappa shape index (κ2) is 9.24. The van der Waals surface area contributed by atoms with Gasteiger partial charge in [0.2, 0.25) is 5.60 Å². The summed E-state index contributed by atoms with van der Waals surface area (Å²) >= 11 is 0. The standard InChI is InChI=1S/C19H48O6Si4/c1-16(2,3)20-27(10,11)23-19(26,24-28(12,13)21-17(4,5)6)25-29(14,15)22-18(7,8)9/h1-15,26H3. The predicted molar refractivity (Wildman–Crippen MR) is 131 cm³/mol. The van der Waals surface area contributed by atoms with Crippen molar-refractivity contribution in [2.75, 3.05) is 0 Å². The number of rotatable bonds is 9. The fraction of sp³-hybridized carbons (Fsp3) is 1.00. The molecule has 0 fully saturated rings. The molecule has 0 aromatic heterocycles. The van der Waals surface area contributed by atoms with Gasteiger partial charge in [0.1, 0.15) is 10.2 Å². The minimum absolute atomic E-state index is 0.318. The number of hydrogen-bond donors (Lipinski definition) is 0.